The highest BCUT2D eigenvalue weighted by molar-refractivity contribution is 5.92. The molecule has 1 fully saturated rings. The zero-order chi connectivity index (χ0) is 18.2. The molecule has 0 spiro atoms. The quantitative estimate of drug-likeness (QED) is 0.762. The Morgan fingerprint density at radius 3 is 2.77 bits per heavy atom. The number of aromatic nitrogens is 1. The van der Waals surface area contributed by atoms with Crippen LogP contribution in [0, 0.1) is 0 Å². The molecule has 3 rings (SSSR count). The van der Waals surface area contributed by atoms with E-state index in [9.17, 15) is 4.79 Å². The van der Waals surface area contributed by atoms with Gasteiger partial charge in [0.15, 0.2) is 0 Å². The number of hydrogen-bond acceptors (Lipinski definition) is 5. The highest BCUT2D eigenvalue weighted by Crippen LogP contribution is 2.14. The molecule has 2 heterocycles. The van der Waals surface area contributed by atoms with E-state index in [-0.39, 0.29) is 12.0 Å². The van der Waals surface area contributed by atoms with Gasteiger partial charge in [-0.1, -0.05) is 12.1 Å². The number of ether oxygens (including phenoxy) is 2. The van der Waals surface area contributed by atoms with Gasteiger partial charge in [0.1, 0.15) is 11.4 Å². The molecular weight excluding hydrogens is 330 g/mol. The molecule has 0 bridgehead atoms. The monoisotopic (exact) mass is 355 g/mol. The lowest BCUT2D eigenvalue weighted by Gasteiger charge is -2.12. The van der Waals surface area contributed by atoms with E-state index in [4.69, 9.17) is 9.47 Å². The molecule has 0 aliphatic carbocycles. The van der Waals surface area contributed by atoms with Crippen molar-refractivity contribution < 1.29 is 14.3 Å². The Bertz CT molecular complexity index is 695. The van der Waals surface area contributed by atoms with E-state index in [0.717, 1.165) is 49.4 Å². The van der Waals surface area contributed by atoms with E-state index in [0.29, 0.717) is 12.2 Å². The fourth-order valence-corrected chi connectivity index (χ4v) is 2.87. The largest absolute Gasteiger partial charge is 0.497 e. The van der Waals surface area contributed by atoms with Gasteiger partial charge in [-0.05, 0) is 49.1 Å². The SMILES string of the molecule is COc1ccc(CCNC(=O)c2ccc(NCC3CCCO3)cn2)cc1. The Hall–Kier alpha value is -2.60. The van der Waals surface area contributed by atoms with Crippen LogP contribution in [0.1, 0.15) is 28.9 Å². The summed E-state index contributed by atoms with van der Waals surface area (Å²) >= 11 is 0. The topological polar surface area (TPSA) is 72.5 Å². The number of methoxy groups -OCH3 is 1. The third-order valence-corrected chi connectivity index (χ3v) is 4.41. The number of benzene rings is 1. The molecule has 1 aliphatic rings. The fourth-order valence-electron chi connectivity index (χ4n) is 2.87. The fraction of sp³-hybridized carbons (Fsp3) is 0.400. The Morgan fingerprint density at radius 2 is 2.12 bits per heavy atom. The van der Waals surface area contributed by atoms with Gasteiger partial charge in [-0.15, -0.1) is 0 Å². The molecule has 1 saturated heterocycles. The smallest absolute Gasteiger partial charge is 0.269 e. The van der Waals surface area contributed by atoms with E-state index in [1.165, 1.54) is 0 Å². The van der Waals surface area contributed by atoms with Gasteiger partial charge in [0.2, 0.25) is 0 Å². The van der Waals surface area contributed by atoms with Gasteiger partial charge < -0.3 is 20.1 Å². The second kappa shape index (κ2) is 9.20. The third kappa shape index (κ3) is 5.20. The third-order valence-electron chi connectivity index (χ3n) is 4.41. The number of anilines is 1. The maximum atomic E-state index is 12.2. The van der Waals surface area contributed by atoms with Crippen LogP contribution in [0.2, 0.25) is 0 Å². The molecular formula is C20H25N3O3. The molecule has 1 amide bonds. The molecule has 0 radical (unpaired) electrons. The van der Waals surface area contributed by atoms with Crippen molar-refractivity contribution in [2.24, 2.45) is 0 Å². The molecule has 1 aliphatic heterocycles. The number of nitrogens with one attached hydrogen (secondary N) is 2. The van der Waals surface area contributed by atoms with Crippen molar-refractivity contribution in [3.8, 4) is 5.75 Å². The number of hydrogen-bond donors (Lipinski definition) is 2. The van der Waals surface area contributed by atoms with Crippen LogP contribution in [0.4, 0.5) is 5.69 Å². The zero-order valence-corrected chi connectivity index (χ0v) is 15.0. The number of pyridine rings is 1. The van der Waals surface area contributed by atoms with Gasteiger partial charge in [-0.25, -0.2) is 4.98 Å². The number of carbonyl (C=O) groups is 1. The first-order valence-corrected chi connectivity index (χ1v) is 8.97. The van der Waals surface area contributed by atoms with E-state index >= 15 is 0 Å². The van der Waals surface area contributed by atoms with Crippen molar-refractivity contribution in [1.82, 2.24) is 10.3 Å². The summed E-state index contributed by atoms with van der Waals surface area (Å²) in [7, 11) is 1.64. The van der Waals surface area contributed by atoms with Crippen LogP contribution < -0.4 is 15.4 Å². The van der Waals surface area contributed by atoms with Gasteiger partial charge >= 0.3 is 0 Å². The Labute approximate surface area is 153 Å². The summed E-state index contributed by atoms with van der Waals surface area (Å²) in [6.45, 7) is 2.18. The first-order valence-electron chi connectivity index (χ1n) is 8.97. The van der Waals surface area contributed by atoms with E-state index in [1.807, 2.05) is 30.3 Å². The molecule has 1 aromatic carbocycles. The minimum absolute atomic E-state index is 0.163. The summed E-state index contributed by atoms with van der Waals surface area (Å²) in [5.41, 5.74) is 2.46. The second-order valence-electron chi connectivity index (χ2n) is 6.30. The number of nitrogens with zero attached hydrogens (tertiary/aromatic N) is 1. The Kier molecular flexibility index (Phi) is 6.44. The summed E-state index contributed by atoms with van der Waals surface area (Å²) in [6.07, 6.45) is 4.94. The van der Waals surface area contributed by atoms with Crippen LogP contribution >= 0.6 is 0 Å². The lowest BCUT2D eigenvalue weighted by Crippen LogP contribution is -2.26. The first-order chi connectivity index (χ1) is 12.7. The number of carbonyl (C=O) groups excluding carboxylic acids is 1. The van der Waals surface area contributed by atoms with Crippen molar-refractivity contribution in [2.75, 3.05) is 32.1 Å². The van der Waals surface area contributed by atoms with Crippen LogP contribution in [0.3, 0.4) is 0 Å². The predicted molar refractivity (Wildman–Crippen MR) is 101 cm³/mol. The van der Waals surface area contributed by atoms with Crippen molar-refractivity contribution >= 4 is 11.6 Å². The van der Waals surface area contributed by atoms with Crippen LogP contribution in [0.25, 0.3) is 0 Å². The van der Waals surface area contributed by atoms with Crippen LogP contribution in [-0.2, 0) is 11.2 Å². The molecule has 1 aromatic heterocycles. The maximum absolute atomic E-state index is 12.2. The van der Waals surface area contributed by atoms with Crippen LogP contribution in [0.5, 0.6) is 5.75 Å². The number of amides is 1. The summed E-state index contributed by atoms with van der Waals surface area (Å²) in [5, 5.41) is 6.20. The van der Waals surface area contributed by atoms with Crippen molar-refractivity contribution in [3.63, 3.8) is 0 Å². The minimum atomic E-state index is -0.163. The summed E-state index contributed by atoms with van der Waals surface area (Å²) in [4.78, 5) is 16.4. The van der Waals surface area contributed by atoms with Crippen molar-refractivity contribution in [1.29, 1.82) is 0 Å². The lowest BCUT2D eigenvalue weighted by molar-refractivity contribution is 0.0949. The van der Waals surface area contributed by atoms with Gasteiger partial charge in [-0.3, -0.25) is 4.79 Å². The first kappa shape index (κ1) is 18.2. The second-order valence-corrected chi connectivity index (χ2v) is 6.30. The van der Waals surface area contributed by atoms with Crippen LogP contribution in [0.15, 0.2) is 42.6 Å². The van der Waals surface area contributed by atoms with Crippen molar-refractivity contribution in [2.45, 2.75) is 25.4 Å². The highest BCUT2D eigenvalue weighted by atomic mass is 16.5. The van der Waals surface area contributed by atoms with Crippen molar-refractivity contribution in [3.05, 3.63) is 53.9 Å². The average Bonchev–Trinajstić information content (AvgIpc) is 3.21. The maximum Gasteiger partial charge on any atom is 0.269 e. The minimum Gasteiger partial charge on any atom is -0.497 e. The summed E-state index contributed by atoms with van der Waals surface area (Å²) in [5.74, 6) is 0.666. The van der Waals surface area contributed by atoms with E-state index in [2.05, 4.69) is 15.6 Å². The molecule has 1 atom stereocenters. The summed E-state index contributed by atoms with van der Waals surface area (Å²) < 4.78 is 10.7. The lowest BCUT2D eigenvalue weighted by atomic mass is 10.1. The van der Waals surface area contributed by atoms with E-state index in [1.54, 1.807) is 19.4 Å². The van der Waals surface area contributed by atoms with Gasteiger partial charge in [0, 0.05) is 19.7 Å². The predicted octanol–water partition coefficient (Wildman–Crippen LogP) is 2.65. The number of rotatable bonds is 8. The van der Waals surface area contributed by atoms with Crippen LogP contribution in [-0.4, -0.2) is 43.8 Å². The summed E-state index contributed by atoms with van der Waals surface area (Å²) in [6, 6.07) is 11.4. The molecule has 0 saturated carbocycles. The Balaban J connectivity index is 1.42. The van der Waals surface area contributed by atoms with Gasteiger partial charge in [-0.2, -0.15) is 0 Å². The Morgan fingerprint density at radius 1 is 1.27 bits per heavy atom. The van der Waals surface area contributed by atoms with E-state index < -0.39 is 0 Å². The molecule has 2 N–H and O–H groups in total. The van der Waals surface area contributed by atoms with Gasteiger partial charge in [0.05, 0.1) is 25.1 Å². The zero-order valence-electron chi connectivity index (χ0n) is 15.0. The average molecular weight is 355 g/mol. The standard InChI is InChI=1S/C20H25N3O3/c1-25-17-7-4-15(5-8-17)10-11-21-20(24)19-9-6-16(13-23-19)22-14-18-3-2-12-26-18/h4-9,13,18,22H,2-3,10-12,14H2,1H3,(H,21,24). The molecule has 138 valence electrons. The molecule has 6 heteroatoms. The highest BCUT2D eigenvalue weighted by Gasteiger charge is 2.15. The van der Waals surface area contributed by atoms with Gasteiger partial charge in [0.25, 0.3) is 5.91 Å². The normalized spacial score (nSPS) is 16.3. The molecule has 6 nitrogen and oxygen atoms in total. The molecule has 1 unspecified atom stereocenters. The molecule has 26 heavy (non-hydrogen) atoms. The molecule has 2 aromatic rings.